The van der Waals surface area contributed by atoms with Crippen LogP contribution >= 0.6 is 11.6 Å². The molecule has 1 rings (SSSR count). The first-order valence-corrected chi connectivity index (χ1v) is 4.41. The summed E-state index contributed by atoms with van der Waals surface area (Å²) in [4.78, 5) is 7.36. The van der Waals surface area contributed by atoms with Crippen molar-refractivity contribution in [3.05, 3.63) is 16.8 Å². The van der Waals surface area contributed by atoms with Crippen molar-refractivity contribution < 1.29 is 9.13 Å². The molecule has 0 aromatic carbocycles. The lowest BCUT2D eigenvalue weighted by Gasteiger charge is -2.05. The van der Waals surface area contributed by atoms with Crippen molar-refractivity contribution in [2.45, 2.75) is 20.3 Å². The number of ether oxygens (including phenoxy) is 1. The highest BCUT2D eigenvalue weighted by molar-refractivity contribution is 6.28. The molecule has 0 saturated carbocycles. The third-order valence-electron chi connectivity index (χ3n) is 1.48. The molecule has 0 spiro atoms. The summed E-state index contributed by atoms with van der Waals surface area (Å²) in [5.41, 5.74) is 0.281. The molecule has 0 N–H and O–H groups in total. The SMILES string of the molecule is CCOc1nc(Cl)nc(CC)c1F. The molecule has 0 bridgehead atoms. The van der Waals surface area contributed by atoms with Gasteiger partial charge >= 0.3 is 0 Å². The van der Waals surface area contributed by atoms with Gasteiger partial charge in [-0.3, -0.25) is 0 Å². The number of aromatic nitrogens is 2. The summed E-state index contributed by atoms with van der Waals surface area (Å²) in [7, 11) is 0. The van der Waals surface area contributed by atoms with Gasteiger partial charge in [0.2, 0.25) is 11.1 Å². The Labute approximate surface area is 80.9 Å². The van der Waals surface area contributed by atoms with Gasteiger partial charge in [0, 0.05) is 0 Å². The highest BCUT2D eigenvalue weighted by Gasteiger charge is 2.12. The van der Waals surface area contributed by atoms with Crippen molar-refractivity contribution in [3.63, 3.8) is 0 Å². The van der Waals surface area contributed by atoms with Crippen LogP contribution < -0.4 is 4.74 Å². The van der Waals surface area contributed by atoms with Crippen LogP contribution in [0.4, 0.5) is 4.39 Å². The van der Waals surface area contributed by atoms with Gasteiger partial charge in [0.05, 0.1) is 12.3 Å². The minimum absolute atomic E-state index is 0.0155. The van der Waals surface area contributed by atoms with E-state index in [1.807, 2.05) is 0 Å². The summed E-state index contributed by atoms with van der Waals surface area (Å²) < 4.78 is 18.3. The second-order valence-corrected chi connectivity index (χ2v) is 2.68. The Morgan fingerprint density at radius 3 is 2.62 bits per heavy atom. The van der Waals surface area contributed by atoms with E-state index in [0.29, 0.717) is 13.0 Å². The van der Waals surface area contributed by atoms with E-state index in [1.165, 1.54) is 0 Å². The van der Waals surface area contributed by atoms with Gasteiger partial charge in [0.25, 0.3) is 5.88 Å². The quantitative estimate of drug-likeness (QED) is 0.709. The molecule has 5 heteroatoms. The normalized spacial score (nSPS) is 10.2. The van der Waals surface area contributed by atoms with Crippen LogP contribution in [0.5, 0.6) is 5.88 Å². The van der Waals surface area contributed by atoms with E-state index >= 15 is 0 Å². The van der Waals surface area contributed by atoms with Crippen LogP contribution in [0, 0.1) is 5.82 Å². The van der Waals surface area contributed by atoms with Gasteiger partial charge in [-0.2, -0.15) is 9.37 Å². The minimum atomic E-state index is -0.520. The number of hydrogen-bond acceptors (Lipinski definition) is 3. The second kappa shape index (κ2) is 4.37. The summed E-state index contributed by atoms with van der Waals surface area (Å²) in [6.07, 6.45) is 0.466. The Morgan fingerprint density at radius 1 is 1.38 bits per heavy atom. The molecule has 0 radical (unpaired) electrons. The smallest absolute Gasteiger partial charge is 0.255 e. The molecule has 3 nitrogen and oxygen atoms in total. The van der Waals surface area contributed by atoms with Crippen molar-refractivity contribution in [2.75, 3.05) is 6.61 Å². The second-order valence-electron chi connectivity index (χ2n) is 2.35. The molecule has 0 amide bonds. The molecule has 0 unspecified atom stereocenters. The van der Waals surface area contributed by atoms with Crippen LogP contribution in [0.3, 0.4) is 0 Å². The summed E-state index contributed by atoms with van der Waals surface area (Å²) in [5.74, 6) is -0.590. The first-order valence-electron chi connectivity index (χ1n) is 4.03. The van der Waals surface area contributed by atoms with Crippen LogP contribution in [-0.2, 0) is 6.42 Å². The molecule has 1 aromatic heterocycles. The fourth-order valence-corrected chi connectivity index (χ4v) is 1.09. The lowest BCUT2D eigenvalue weighted by molar-refractivity contribution is 0.304. The molecular weight excluding hydrogens is 195 g/mol. The topological polar surface area (TPSA) is 35.0 Å². The first-order chi connectivity index (χ1) is 6.19. The maximum atomic E-state index is 13.3. The van der Waals surface area contributed by atoms with Crippen LogP contribution in [0.25, 0.3) is 0 Å². The van der Waals surface area contributed by atoms with Crippen molar-refractivity contribution in [1.82, 2.24) is 9.97 Å². The first kappa shape index (κ1) is 10.2. The van der Waals surface area contributed by atoms with Crippen LogP contribution in [0.1, 0.15) is 19.5 Å². The summed E-state index contributed by atoms with van der Waals surface area (Å²) in [6, 6.07) is 0. The third-order valence-corrected chi connectivity index (χ3v) is 1.65. The predicted octanol–water partition coefficient (Wildman–Crippen LogP) is 2.23. The molecule has 0 fully saturated rings. The summed E-state index contributed by atoms with van der Waals surface area (Å²) in [6.45, 7) is 3.89. The van der Waals surface area contributed by atoms with Gasteiger partial charge in [-0.1, -0.05) is 6.92 Å². The average molecular weight is 205 g/mol. The molecular formula is C8H10ClFN2O. The van der Waals surface area contributed by atoms with Gasteiger partial charge in [-0.25, -0.2) is 4.98 Å². The third kappa shape index (κ3) is 2.28. The maximum absolute atomic E-state index is 13.3. The minimum Gasteiger partial charge on any atom is -0.476 e. The Kier molecular flexibility index (Phi) is 3.42. The monoisotopic (exact) mass is 204 g/mol. The van der Waals surface area contributed by atoms with E-state index in [4.69, 9.17) is 16.3 Å². The zero-order chi connectivity index (χ0) is 9.84. The zero-order valence-electron chi connectivity index (χ0n) is 7.47. The predicted molar refractivity (Wildman–Crippen MR) is 47.5 cm³/mol. The molecule has 72 valence electrons. The van der Waals surface area contributed by atoms with E-state index in [0.717, 1.165) is 0 Å². The lowest BCUT2D eigenvalue weighted by atomic mass is 10.3. The number of aryl methyl sites for hydroxylation is 1. The number of rotatable bonds is 3. The van der Waals surface area contributed by atoms with Gasteiger partial charge in [0.1, 0.15) is 0 Å². The fourth-order valence-electron chi connectivity index (χ4n) is 0.908. The number of hydrogen-bond donors (Lipinski definition) is 0. The van der Waals surface area contributed by atoms with E-state index in [9.17, 15) is 4.39 Å². The molecule has 0 aliphatic carbocycles. The Bertz CT molecular complexity index is 306. The van der Waals surface area contributed by atoms with Crippen molar-refractivity contribution in [1.29, 1.82) is 0 Å². The molecule has 0 aliphatic heterocycles. The summed E-state index contributed by atoms with van der Waals surface area (Å²) >= 11 is 5.57. The van der Waals surface area contributed by atoms with Crippen molar-refractivity contribution >= 4 is 11.6 Å². The van der Waals surface area contributed by atoms with Gasteiger partial charge < -0.3 is 4.74 Å². The molecule has 1 heterocycles. The molecule has 0 saturated heterocycles. The molecule has 13 heavy (non-hydrogen) atoms. The number of halogens is 2. The Balaban J connectivity index is 3.11. The van der Waals surface area contributed by atoms with E-state index in [1.54, 1.807) is 13.8 Å². The van der Waals surface area contributed by atoms with Crippen LogP contribution in [0.2, 0.25) is 5.28 Å². The van der Waals surface area contributed by atoms with Gasteiger partial charge in [-0.05, 0) is 24.9 Å². The summed E-state index contributed by atoms with van der Waals surface area (Å²) in [5, 5.41) is 0.0155. The van der Waals surface area contributed by atoms with Crippen molar-refractivity contribution in [3.8, 4) is 5.88 Å². The maximum Gasteiger partial charge on any atom is 0.255 e. The molecule has 1 aromatic rings. The van der Waals surface area contributed by atoms with E-state index in [-0.39, 0.29) is 16.9 Å². The Hall–Kier alpha value is -0.900. The van der Waals surface area contributed by atoms with Gasteiger partial charge in [-0.15, -0.1) is 0 Å². The highest BCUT2D eigenvalue weighted by atomic mass is 35.5. The van der Waals surface area contributed by atoms with Crippen LogP contribution in [0.15, 0.2) is 0 Å². The van der Waals surface area contributed by atoms with Crippen molar-refractivity contribution in [2.24, 2.45) is 0 Å². The average Bonchev–Trinajstić information content (AvgIpc) is 2.11. The van der Waals surface area contributed by atoms with E-state index in [2.05, 4.69) is 9.97 Å². The number of nitrogens with zero attached hydrogens (tertiary/aromatic N) is 2. The highest BCUT2D eigenvalue weighted by Crippen LogP contribution is 2.19. The Morgan fingerprint density at radius 2 is 2.08 bits per heavy atom. The van der Waals surface area contributed by atoms with E-state index < -0.39 is 5.82 Å². The molecule has 0 atom stereocenters. The largest absolute Gasteiger partial charge is 0.476 e. The van der Waals surface area contributed by atoms with Gasteiger partial charge in [0.15, 0.2) is 0 Å². The lowest BCUT2D eigenvalue weighted by Crippen LogP contribution is -2.03. The zero-order valence-corrected chi connectivity index (χ0v) is 8.23. The molecule has 0 aliphatic rings. The fraction of sp³-hybridized carbons (Fsp3) is 0.500. The van der Waals surface area contributed by atoms with Crippen LogP contribution in [-0.4, -0.2) is 16.6 Å². The standard InChI is InChI=1S/C8H10ClFN2O/c1-3-5-6(10)7(13-4-2)12-8(9)11-5/h3-4H2,1-2H3.